The largest absolute Gasteiger partial charge is 0.497 e. The van der Waals surface area contributed by atoms with E-state index in [1.165, 1.54) is 26.5 Å². The Bertz CT molecular complexity index is 959. The summed E-state index contributed by atoms with van der Waals surface area (Å²) in [5.41, 5.74) is 2.64. The summed E-state index contributed by atoms with van der Waals surface area (Å²) < 4.78 is 33.0. The van der Waals surface area contributed by atoms with E-state index in [2.05, 4.69) is 10.5 Å². The number of hydrogen-bond acceptors (Lipinski definition) is 8. The average molecular weight is 380 g/mol. The van der Waals surface area contributed by atoms with Gasteiger partial charge in [-0.3, -0.25) is 15.5 Å². The highest BCUT2D eigenvalue weighted by Gasteiger charge is 2.18. The topological polar surface area (TPSA) is 146 Å². The second-order valence-electron chi connectivity index (χ2n) is 4.96. The minimum atomic E-state index is -4.05. The number of hydrogen-bond donors (Lipinski definition) is 2. The molecule has 11 heteroatoms. The number of benzene rings is 2. The Morgan fingerprint density at radius 3 is 2.50 bits per heavy atom. The number of methoxy groups -OCH3 is 2. The Hall–Kier alpha value is -3.18. The smallest absolute Gasteiger partial charge is 0.295 e. The molecule has 0 radical (unpaired) electrons. The molecule has 0 heterocycles. The van der Waals surface area contributed by atoms with Crippen LogP contribution in [0.5, 0.6) is 11.5 Å². The molecule has 0 saturated heterocycles. The molecule has 3 N–H and O–H groups in total. The van der Waals surface area contributed by atoms with E-state index < -0.39 is 20.6 Å². The fourth-order valence-corrected chi connectivity index (χ4v) is 2.56. The Morgan fingerprint density at radius 2 is 1.92 bits per heavy atom. The Morgan fingerprint density at radius 1 is 1.19 bits per heavy atom. The molecule has 0 amide bonds. The first kappa shape index (κ1) is 19.1. The number of rotatable bonds is 7. The monoisotopic (exact) mass is 380 g/mol. The molecule has 0 aliphatic carbocycles. The maximum atomic E-state index is 11.3. The highest BCUT2D eigenvalue weighted by molar-refractivity contribution is 7.89. The summed E-state index contributed by atoms with van der Waals surface area (Å²) in [4.78, 5) is 10.0. The fourth-order valence-electron chi connectivity index (χ4n) is 2.03. The third-order valence-corrected chi connectivity index (χ3v) is 4.23. The van der Waals surface area contributed by atoms with Gasteiger partial charge in [0.15, 0.2) is 0 Å². The molecule has 0 spiro atoms. The van der Waals surface area contributed by atoms with E-state index >= 15 is 0 Å². The molecular weight excluding hydrogens is 364 g/mol. The van der Waals surface area contributed by atoms with Gasteiger partial charge in [-0.15, -0.1) is 0 Å². The second kappa shape index (κ2) is 7.80. The highest BCUT2D eigenvalue weighted by Crippen LogP contribution is 2.27. The predicted molar refractivity (Wildman–Crippen MR) is 95.2 cm³/mol. The zero-order valence-electron chi connectivity index (χ0n) is 13.9. The van der Waals surface area contributed by atoms with Crippen LogP contribution in [0.4, 0.5) is 11.4 Å². The molecule has 0 fully saturated rings. The van der Waals surface area contributed by atoms with E-state index in [-0.39, 0.29) is 10.6 Å². The van der Waals surface area contributed by atoms with Gasteiger partial charge in [0, 0.05) is 17.7 Å². The molecule has 0 atom stereocenters. The van der Waals surface area contributed by atoms with Crippen molar-refractivity contribution in [3.8, 4) is 11.5 Å². The van der Waals surface area contributed by atoms with Crippen LogP contribution in [0, 0.1) is 10.1 Å². The third kappa shape index (κ3) is 4.46. The van der Waals surface area contributed by atoms with Gasteiger partial charge in [0.05, 0.1) is 30.3 Å². The number of ether oxygens (including phenoxy) is 2. The van der Waals surface area contributed by atoms with Gasteiger partial charge in [-0.2, -0.15) is 5.10 Å². The van der Waals surface area contributed by atoms with Crippen LogP contribution in [-0.4, -0.2) is 33.8 Å². The van der Waals surface area contributed by atoms with E-state index in [9.17, 15) is 18.5 Å². The maximum Gasteiger partial charge on any atom is 0.295 e. The molecule has 26 heavy (non-hydrogen) atoms. The first-order valence-corrected chi connectivity index (χ1v) is 8.63. The molecule has 0 aromatic heterocycles. The van der Waals surface area contributed by atoms with Crippen LogP contribution in [0.1, 0.15) is 5.56 Å². The average Bonchev–Trinajstić information content (AvgIpc) is 2.61. The van der Waals surface area contributed by atoms with Crippen molar-refractivity contribution < 1.29 is 22.8 Å². The van der Waals surface area contributed by atoms with E-state index in [4.69, 9.17) is 14.6 Å². The maximum absolute atomic E-state index is 11.3. The number of primary sulfonamides is 1. The lowest BCUT2D eigenvalue weighted by molar-refractivity contribution is -0.384. The number of nitrogens with zero attached hydrogens (tertiary/aromatic N) is 2. The molecule has 2 aromatic carbocycles. The van der Waals surface area contributed by atoms with Gasteiger partial charge in [0.2, 0.25) is 10.0 Å². The predicted octanol–water partition coefficient (Wildman–Crippen LogP) is 1.71. The minimum absolute atomic E-state index is 0.00567. The molecule has 10 nitrogen and oxygen atoms in total. The summed E-state index contributed by atoms with van der Waals surface area (Å²) in [6.07, 6.45) is 1.40. The molecule has 0 aliphatic heterocycles. The van der Waals surface area contributed by atoms with Gasteiger partial charge in [0.25, 0.3) is 5.69 Å². The van der Waals surface area contributed by atoms with E-state index in [1.54, 1.807) is 18.2 Å². The Labute approximate surface area is 149 Å². The molecule has 2 rings (SSSR count). The van der Waals surface area contributed by atoms with E-state index in [0.717, 1.165) is 12.1 Å². The van der Waals surface area contributed by atoms with Crippen LogP contribution in [0.3, 0.4) is 0 Å². The first-order chi connectivity index (χ1) is 12.3. The quantitative estimate of drug-likeness (QED) is 0.422. The van der Waals surface area contributed by atoms with Crippen molar-refractivity contribution in [2.75, 3.05) is 19.6 Å². The third-order valence-electron chi connectivity index (χ3n) is 3.32. The van der Waals surface area contributed by atoms with Crippen molar-refractivity contribution in [2.45, 2.75) is 4.90 Å². The van der Waals surface area contributed by atoms with Crippen molar-refractivity contribution >= 4 is 27.6 Å². The summed E-state index contributed by atoms with van der Waals surface area (Å²) in [7, 11) is -1.05. The van der Waals surface area contributed by atoms with Gasteiger partial charge in [-0.1, -0.05) is 0 Å². The summed E-state index contributed by atoms with van der Waals surface area (Å²) in [5, 5.41) is 20.1. The number of nitro groups is 1. The standard InChI is InChI=1S/C15H16N4O6S/c1-24-11-4-3-10(15(7-11)25-2)9-17-18-13-6-5-12(26(16,22)23)8-14(13)19(20)21/h3-9,18H,1-2H3,(H2,16,22,23). The van der Waals surface area contributed by atoms with Crippen molar-refractivity contribution in [3.05, 3.63) is 52.1 Å². The van der Waals surface area contributed by atoms with Crippen LogP contribution >= 0.6 is 0 Å². The van der Waals surface area contributed by atoms with Crippen LogP contribution in [0.25, 0.3) is 0 Å². The summed E-state index contributed by atoms with van der Waals surface area (Å²) in [6, 6.07) is 8.27. The van der Waals surface area contributed by atoms with Crippen LogP contribution in [-0.2, 0) is 10.0 Å². The minimum Gasteiger partial charge on any atom is -0.497 e. The number of hydrazone groups is 1. The first-order valence-electron chi connectivity index (χ1n) is 7.08. The number of anilines is 1. The van der Waals surface area contributed by atoms with Crippen molar-refractivity contribution in [3.63, 3.8) is 0 Å². The van der Waals surface area contributed by atoms with Crippen molar-refractivity contribution in [1.29, 1.82) is 0 Å². The van der Waals surface area contributed by atoms with Crippen molar-refractivity contribution in [2.24, 2.45) is 10.2 Å². The number of sulfonamides is 1. The molecule has 138 valence electrons. The van der Waals surface area contributed by atoms with Gasteiger partial charge < -0.3 is 9.47 Å². The summed E-state index contributed by atoms with van der Waals surface area (Å²) in [5.74, 6) is 1.09. The molecule has 0 aliphatic rings. The molecule has 2 aromatic rings. The number of nitro benzene ring substituents is 1. The number of nitrogens with one attached hydrogen (secondary N) is 1. The van der Waals surface area contributed by atoms with Gasteiger partial charge in [-0.25, -0.2) is 13.6 Å². The lowest BCUT2D eigenvalue weighted by Crippen LogP contribution is -2.12. The van der Waals surface area contributed by atoms with Crippen molar-refractivity contribution in [1.82, 2.24) is 0 Å². The summed E-state index contributed by atoms with van der Waals surface area (Å²) in [6.45, 7) is 0. The SMILES string of the molecule is COc1ccc(C=NNc2ccc(S(N)(=O)=O)cc2[N+](=O)[O-])c(OC)c1. The highest BCUT2D eigenvalue weighted by atomic mass is 32.2. The Balaban J connectivity index is 2.29. The van der Waals surface area contributed by atoms with Gasteiger partial charge in [0.1, 0.15) is 17.2 Å². The van der Waals surface area contributed by atoms with E-state index in [0.29, 0.717) is 17.1 Å². The zero-order valence-corrected chi connectivity index (χ0v) is 14.7. The van der Waals surface area contributed by atoms with E-state index in [1.807, 2.05) is 0 Å². The van der Waals surface area contributed by atoms with Gasteiger partial charge >= 0.3 is 0 Å². The van der Waals surface area contributed by atoms with Gasteiger partial charge in [-0.05, 0) is 24.3 Å². The normalized spacial score (nSPS) is 11.3. The second-order valence-corrected chi connectivity index (χ2v) is 6.52. The fraction of sp³-hybridized carbons (Fsp3) is 0.133. The molecular formula is C15H16N4O6S. The Kier molecular flexibility index (Phi) is 5.75. The lowest BCUT2D eigenvalue weighted by Gasteiger charge is -2.07. The lowest BCUT2D eigenvalue weighted by atomic mass is 10.2. The summed E-state index contributed by atoms with van der Waals surface area (Å²) >= 11 is 0. The van der Waals surface area contributed by atoms with Crippen LogP contribution < -0.4 is 20.0 Å². The molecule has 0 saturated carbocycles. The molecule has 0 unspecified atom stereocenters. The number of nitrogens with two attached hydrogens (primary N) is 1. The zero-order chi connectivity index (χ0) is 19.3. The molecule has 0 bridgehead atoms. The van der Waals surface area contributed by atoms with Crippen LogP contribution in [0.2, 0.25) is 0 Å². The van der Waals surface area contributed by atoms with Crippen LogP contribution in [0.15, 0.2) is 46.4 Å².